The van der Waals surface area contributed by atoms with Crippen LogP contribution in [0.5, 0.6) is 0 Å². The van der Waals surface area contributed by atoms with Crippen molar-refractivity contribution in [3.05, 3.63) is 0 Å². The molecule has 67 heavy (non-hydrogen) atoms. The molecular weight excluding hydrogens is 932 g/mol. The standard InChI is InChI=1S/2C26H43NO6.Sr/c2*1-14(4-7-22(31)27-13-23(32)33)17-5-6-18-24-19(12-21(30)26(17,18)3)25(2)9-8-16(28)10-15(25)11-20(24)29;/h2*14-21,24,28-30H,4-13H2,1-3H3,(H,27,31)(H,32,33);/q;;+2/p-2/t2*14?,15-,16+,17+,18-,19-,20+,21-,24-,25-,26+;/m00./s1. The molecule has 8 N–H and O–H groups in total. The molecule has 2 amide bonds. The fraction of sp³-hybridized carbons (Fsp3) is 0.923. The molecule has 8 aliphatic carbocycles. The van der Waals surface area contributed by atoms with Gasteiger partial charge in [-0.25, -0.2) is 0 Å². The molecule has 15 heteroatoms. The normalized spacial score (nSPS) is 47.0. The maximum atomic E-state index is 12.0. The van der Waals surface area contributed by atoms with E-state index in [-0.39, 0.29) is 175 Å². The van der Waals surface area contributed by atoms with Crippen LogP contribution >= 0.6 is 0 Å². The summed E-state index contributed by atoms with van der Waals surface area (Å²) in [6.45, 7) is 12.4. The summed E-state index contributed by atoms with van der Waals surface area (Å²) in [5.74, 6) is -0.158. The summed E-state index contributed by atoms with van der Waals surface area (Å²) < 4.78 is 0. The number of carboxylic acid groups (broad SMARTS) is 2. The molecule has 2 unspecified atom stereocenters. The number of hydrogen-bond acceptors (Lipinski definition) is 12. The SMILES string of the molecule is CC(CCC(=O)NCC(=O)[O-])[C@H]1CC[C@H]2[C@@H]3[C@H](O)C[C@@H]4C[C@H](O)CC[C@]4(C)[C@H]3C[C@H](O)[C@]12C.CC(CCC(=O)NCC(=O)[O-])[C@H]1CC[C@H]2[C@@H]3[C@H](O)C[C@@H]4C[C@H](O)CC[C@]4(C)[C@H]3C[C@H](O)[C@]12C.[Sr+2]. The van der Waals surface area contributed by atoms with Crippen molar-refractivity contribution in [2.75, 3.05) is 13.1 Å². The average molecular weight is 1020 g/mol. The van der Waals surface area contributed by atoms with Crippen molar-refractivity contribution in [1.82, 2.24) is 10.6 Å². The van der Waals surface area contributed by atoms with Crippen LogP contribution in [0.25, 0.3) is 0 Å². The van der Waals surface area contributed by atoms with E-state index in [2.05, 4.69) is 52.2 Å². The Bertz CT molecular complexity index is 1650. The molecule has 8 saturated carbocycles. The average Bonchev–Trinajstić information content (AvgIpc) is 3.81. The number of rotatable bonds is 12. The van der Waals surface area contributed by atoms with E-state index >= 15 is 0 Å². The summed E-state index contributed by atoms with van der Waals surface area (Å²) in [5, 5.41) is 92.2. The molecule has 0 saturated heterocycles. The number of hydrogen-bond donors (Lipinski definition) is 8. The van der Waals surface area contributed by atoms with E-state index in [9.17, 15) is 60.0 Å². The molecule has 0 aromatic heterocycles. The van der Waals surface area contributed by atoms with Crippen molar-refractivity contribution >= 4 is 69.2 Å². The first kappa shape index (κ1) is 55.4. The molecule has 376 valence electrons. The van der Waals surface area contributed by atoms with E-state index in [4.69, 9.17) is 0 Å². The number of carboxylic acids is 2. The van der Waals surface area contributed by atoms with E-state index in [1.165, 1.54) is 0 Å². The van der Waals surface area contributed by atoms with Gasteiger partial charge in [-0.3, -0.25) is 9.59 Å². The van der Waals surface area contributed by atoms with Crippen LogP contribution in [0, 0.1) is 92.7 Å². The number of aliphatic hydroxyl groups excluding tert-OH is 6. The van der Waals surface area contributed by atoms with Crippen LogP contribution in [0.2, 0.25) is 0 Å². The predicted octanol–water partition coefficient (Wildman–Crippen LogP) is 2.08. The third-order valence-electron chi connectivity index (χ3n) is 21.6. The molecule has 8 rings (SSSR count). The molecule has 0 bridgehead atoms. The number of carbonyl (C=O) groups excluding carboxylic acids is 4. The Morgan fingerprint density at radius 1 is 0.537 bits per heavy atom. The molecule has 0 radical (unpaired) electrons. The monoisotopic (exact) mass is 1020 g/mol. The zero-order chi connectivity index (χ0) is 48.3. The summed E-state index contributed by atoms with van der Waals surface area (Å²) in [6, 6.07) is 0. The molecule has 0 aromatic rings. The van der Waals surface area contributed by atoms with Gasteiger partial charge in [0.15, 0.2) is 0 Å². The third-order valence-corrected chi connectivity index (χ3v) is 21.6. The Hall–Kier alpha value is -0.879. The zero-order valence-electron chi connectivity index (χ0n) is 41.4. The predicted molar refractivity (Wildman–Crippen MR) is 247 cm³/mol. The van der Waals surface area contributed by atoms with E-state index in [0.717, 1.165) is 77.0 Å². The summed E-state index contributed by atoms with van der Waals surface area (Å²) >= 11 is 0. The van der Waals surface area contributed by atoms with Gasteiger partial charge in [0.05, 0.1) is 61.7 Å². The van der Waals surface area contributed by atoms with Crippen molar-refractivity contribution in [3.63, 3.8) is 0 Å². The van der Waals surface area contributed by atoms with Crippen LogP contribution in [0.3, 0.4) is 0 Å². The molecule has 8 aliphatic rings. The third kappa shape index (κ3) is 10.5. The molecule has 14 nitrogen and oxygen atoms in total. The molecule has 0 aliphatic heterocycles. The van der Waals surface area contributed by atoms with Gasteiger partial charge in [-0.05, 0) is 195 Å². The van der Waals surface area contributed by atoms with Crippen LogP contribution in [0.1, 0.15) is 157 Å². The van der Waals surface area contributed by atoms with E-state index in [1.807, 2.05) is 0 Å². The van der Waals surface area contributed by atoms with Gasteiger partial charge in [0.2, 0.25) is 11.8 Å². The Kier molecular flexibility index (Phi) is 17.9. The first-order chi connectivity index (χ1) is 31.0. The number of fused-ring (bicyclic) bond motifs is 10. The second-order valence-electron chi connectivity index (χ2n) is 24.4. The van der Waals surface area contributed by atoms with Gasteiger partial charge in [0, 0.05) is 12.8 Å². The summed E-state index contributed by atoms with van der Waals surface area (Å²) in [7, 11) is 0. The Morgan fingerprint density at radius 2 is 0.896 bits per heavy atom. The van der Waals surface area contributed by atoms with Crippen LogP contribution in [0.4, 0.5) is 0 Å². The molecule has 22 atom stereocenters. The van der Waals surface area contributed by atoms with Gasteiger partial charge >= 0.3 is 45.5 Å². The largest absolute Gasteiger partial charge is 2.00 e. The molecule has 0 heterocycles. The van der Waals surface area contributed by atoms with Crippen molar-refractivity contribution in [2.45, 2.75) is 194 Å². The van der Waals surface area contributed by atoms with Gasteiger partial charge in [-0.15, -0.1) is 0 Å². The van der Waals surface area contributed by atoms with E-state index in [0.29, 0.717) is 37.5 Å². The first-order valence-electron chi connectivity index (χ1n) is 26.0. The zero-order valence-corrected chi connectivity index (χ0v) is 44.9. The van der Waals surface area contributed by atoms with Gasteiger partial charge in [0.25, 0.3) is 0 Å². The van der Waals surface area contributed by atoms with E-state index in [1.54, 1.807) is 0 Å². The van der Waals surface area contributed by atoms with Gasteiger partial charge in [0.1, 0.15) is 0 Å². The number of aliphatic carboxylic acids is 2. The maximum Gasteiger partial charge on any atom is 2.00 e. The smallest absolute Gasteiger partial charge is 0.548 e. The first-order valence-corrected chi connectivity index (χ1v) is 26.0. The molecule has 8 fully saturated rings. The fourth-order valence-corrected chi connectivity index (χ4v) is 17.9. The Labute approximate surface area is 436 Å². The van der Waals surface area contributed by atoms with Crippen LogP contribution in [-0.4, -0.2) is 150 Å². The summed E-state index contributed by atoms with van der Waals surface area (Å²) in [5.41, 5.74) is -0.459. The minimum atomic E-state index is -1.29. The number of amides is 2. The number of aliphatic hydroxyl groups is 6. The summed E-state index contributed by atoms with van der Waals surface area (Å²) in [6.07, 6.45) is 11.5. The Morgan fingerprint density at radius 3 is 1.24 bits per heavy atom. The summed E-state index contributed by atoms with van der Waals surface area (Å²) in [4.78, 5) is 45.2. The van der Waals surface area contributed by atoms with Crippen molar-refractivity contribution in [3.8, 4) is 0 Å². The van der Waals surface area contributed by atoms with Gasteiger partial charge in [-0.2, -0.15) is 0 Å². The van der Waals surface area contributed by atoms with Gasteiger partial charge in [-0.1, -0.05) is 41.5 Å². The second-order valence-corrected chi connectivity index (χ2v) is 24.4. The van der Waals surface area contributed by atoms with Crippen molar-refractivity contribution in [1.29, 1.82) is 0 Å². The maximum absolute atomic E-state index is 12.0. The van der Waals surface area contributed by atoms with Crippen LogP contribution < -0.4 is 20.8 Å². The molecular formula is C52H84N2O12Sr. The van der Waals surface area contributed by atoms with Gasteiger partial charge < -0.3 is 61.1 Å². The molecule has 0 aromatic carbocycles. The number of carbonyl (C=O) groups is 4. The van der Waals surface area contributed by atoms with Crippen LogP contribution in [0.15, 0.2) is 0 Å². The quantitative estimate of drug-likeness (QED) is 0.131. The van der Waals surface area contributed by atoms with Crippen molar-refractivity contribution < 1.29 is 60.0 Å². The Balaban J connectivity index is 0.000000218. The molecule has 0 spiro atoms. The number of nitrogens with one attached hydrogen (secondary N) is 2. The second kappa shape index (κ2) is 21.7. The minimum Gasteiger partial charge on any atom is -0.548 e. The minimum absolute atomic E-state index is 0. The topological polar surface area (TPSA) is 260 Å². The van der Waals surface area contributed by atoms with Crippen molar-refractivity contribution in [2.24, 2.45) is 92.7 Å². The fourth-order valence-electron chi connectivity index (χ4n) is 17.9. The van der Waals surface area contributed by atoms with E-state index < -0.39 is 37.2 Å². The van der Waals surface area contributed by atoms with Crippen LogP contribution in [-0.2, 0) is 19.2 Å².